The van der Waals surface area contributed by atoms with Gasteiger partial charge in [0.2, 0.25) is 0 Å². The average Bonchev–Trinajstić information content (AvgIpc) is 3.13. The third-order valence-electron chi connectivity index (χ3n) is 3.11. The number of hydrogen-bond acceptors (Lipinski definition) is 1. The first kappa shape index (κ1) is 11.4. The maximum absolute atomic E-state index is 3.51. The van der Waals surface area contributed by atoms with Crippen LogP contribution in [-0.4, -0.2) is 6.54 Å². The minimum Gasteiger partial charge on any atom is -0.312 e. The first-order valence-electron chi connectivity index (χ1n) is 6.31. The van der Waals surface area contributed by atoms with Crippen LogP contribution in [0.5, 0.6) is 0 Å². The molecule has 1 aliphatic carbocycles. The predicted octanol–water partition coefficient (Wildman–Crippen LogP) is 3.62. The average molecular weight is 215 g/mol. The largest absolute Gasteiger partial charge is 0.312 e. The molecule has 0 heterocycles. The fourth-order valence-electron chi connectivity index (χ4n) is 2.06. The highest BCUT2D eigenvalue weighted by molar-refractivity contribution is 5.33. The van der Waals surface area contributed by atoms with Gasteiger partial charge in [0.05, 0.1) is 0 Å². The SMILES string of the molecule is C/C=C/CCNCc1ccccc1C1CC1. The zero-order valence-corrected chi connectivity index (χ0v) is 10.1. The molecule has 0 spiro atoms. The predicted molar refractivity (Wildman–Crippen MR) is 69.6 cm³/mol. The zero-order valence-electron chi connectivity index (χ0n) is 10.1. The molecule has 16 heavy (non-hydrogen) atoms. The van der Waals surface area contributed by atoms with Gasteiger partial charge in [0.15, 0.2) is 0 Å². The van der Waals surface area contributed by atoms with Crippen LogP contribution in [0.4, 0.5) is 0 Å². The fourth-order valence-corrected chi connectivity index (χ4v) is 2.06. The van der Waals surface area contributed by atoms with E-state index in [-0.39, 0.29) is 0 Å². The first-order chi connectivity index (χ1) is 7.92. The van der Waals surface area contributed by atoms with Crippen LogP contribution in [0.25, 0.3) is 0 Å². The zero-order chi connectivity index (χ0) is 11.2. The Morgan fingerprint density at radius 1 is 1.31 bits per heavy atom. The highest BCUT2D eigenvalue weighted by atomic mass is 14.8. The molecule has 0 unspecified atom stereocenters. The second kappa shape index (κ2) is 5.86. The van der Waals surface area contributed by atoms with Crippen molar-refractivity contribution in [3.05, 3.63) is 47.5 Å². The van der Waals surface area contributed by atoms with Gasteiger partial charge in [0.1, 0.15) is 0 Å². The molecule has 1 N–H and O–H groups in total. The van der Waals surface area contributed by atoms with E-state index in [1.54, 1.807) is 5.56 Å². The molecule has 1 heteroatoms. The Kier molecular flexibility index (Phi) is 4.17. The molecule has 0 aromatic heterocycles. The van der Waals surface area contributed by atoms with Crippen LogP contribution < -0.4 is 5.32 Å². The van der Waals surface area contributed by atoms with E-state index in [2.05, 4.69) is 48.7 Å². The van der Waals surface area contributed by atoms with Gasteiger partial charge in [-0.1, -0.05) is 36.4 Å². The smallest absolute Gasteiger partial charge is 0.0208 e. The lowest BCUT2D eigenvalue weighted by atomic mass is 10.0. The van der Waals surface area contributed by atoms with Crippen molar-refractivity contribution >= 4 is 0 Å². The summed E-state index contributed by atoms with van der Waals surface area (Å²) in [6.45, 7) is 4.16. The lowest BCUT2D eigenvalue weighted by molar-refractivity contribution is 0.690. The van der Waals surface area contributed by atoms with Crippen molar-refractivity contribution in [2.45, 2.75) is 38.6 Å². The van der Waals surface area contributed by atoms with Gasteiger partial charge in [-0.05, 0) is 49.8 Å². The molecule has 1 aromatic carbocycles. The summed E-state index contributed by atoms with van der Waals surface area (Å²) >= 11 is 0. The Balaban J connectivity index is 1.83. The molecular formula is C15H21N. The van der Waals surface area contributed by atoms with Gasteiger partial charge in [-0.25, -0.2) is 0 Å². The summed E-state index contributed by atoms with van der Waals surface area (Å²) in [5.41, 5.74) is 3.06. The quantitative estimate of drug-likeness (QED) is 0.564. The van der Waals surface area contributed by atoms with Gasteiger partial charge in [-0.3, -0.25) is 0 Å². The molecule has 1 saturated carbocycles. The lowest BCUT2D eigenvalue weighted by Gasteiger charge is -2.09. The fraction of sp³-hybridized carbons (Fsp3) is 0.467. The molecule has 86 valence electrons. The van der Waals surface area contributed by atoms with Gasteiger partial charge in [0, 0.05) is 6.54 Å². The van der Waals surface area contributed by atoms with E-state index in [4.69, 9.17) is 0 Å². The van der Waals surface area contributed by atoms with Gasteiger partial charge in [0.25, 0.3) is 0 Å². The van der Waals surface area contributed by atoms with E-state index < -0.39 is 0 Å². The molecule has 0 amide bonds. The van der Waals surface area contributed by atoms with Crippen LogP contribution in [0.1, 0.15) is 43.2 Å². The van der Waals surface area contributed by atoms with Crippen molar-refractivity contribution in [1.29, 1.82) is 0 Å². The standard InChI is InChI=1S/C15H21N/c1-2-3-6-11-16-12-14-7-4-5-8-15(14)13-9-10-13/h2-5,7-8,13,16H,6,9-12H2,1H3/b3-2+. The molecule has 0 bridgehead atoms. The monoisotopic (exact) mass is 215 g/mol. The normalized spacial score (nSPS) is 15.8. The van der Waals surface area contributed by atoms with Crippen LogP contribution in [0.3, 0.4) is 0 Å². The number of benzene rings is 1. The van der Waals surface area contributed by atoms with Crippen molar-refractivity contribution in [1.82, 2.24) is 5.32 Å². The van der Waals surface area contributed by atoms with Crippen molar-refractivity contribution in [3.63, 3.8) is 0 Å². The highest BCUT2D eigenvalue weighted by Gasteiger charge is 2.25. The van der Waals surface area contributed by atoms with Gasteiger partial charge in [-0.2, -0.15) is 0 Å². The van der Waals surface area contributed by atoms with E-state index in [1.165, 1.54) is 18.4 Å². The maximum Gasteiger partial charge on any atom is 0.0208 e. The Labute approximate surface area is 98.6 Å². The summed E-state index contributed by atoms with van der Waals surface area (Å²) in [4.78, 5) is 0. The van der Waals surface area contributed by atoms with Crippen molar-refractivity contribution < 1.29 is 0 Å². The topological polar surface area (TPSA) is 12.0 Å². The summed E-state index contributed by atoms with van der Waals surface area (Å²) in [6.07, 6.45) is 8.22. The molecule has 2 rings (SSSR count). The minimum atomic E-state index is 0.855. The molecule has 0 atom stereocenters. The maximum atomic E-state index is 3.51. The van der Waals surface area contributed by atoms with E-state index in [9.17, 15) is 0 Å². The molecule has 1 aromatic rings. The summed E-state index contributed by atoms with van der Waals surface area (Å²) in [6, 6.07) is 8.86. The summed E-state index contributed by atoms with van der Waals surface area (Å²) in [7, 11) is 0. The van der Waals surface area contributed by atoms with E-state index in [1.807, 2.05) is 0 Å². The van der Waals surface area contributed by atoms with Crippen molar-refractivity contribution in [2.75, 3.05) is 6.54 Å². The van der Waals surface area contributed by atoms with Gasteiger partial charge >= 0.3 is 0 Å². The third kappa shape index (κ3) is 3.21. The summed E-state index contributed by atoms with van der Waals surface area (Å²) in [5.74, 6) is 0.855. The molecule has 1 aliphatic rings. The number of rotatable bonds is 6. The van der Waals surface area contributed by atoms with E-state index in [0.717, 1.165) is 25.4 Å². The second-order valence-corrected chi connectivity index (χ2v) is 4.51. The number of nitrogens with one attached hydrogen (secondary N) is 1. The Bertz CT molecular complexity index is 350. The Morgan fingerprint density at radius 2 is 2.12 bits per heavy atom. The second-order valence-electron chi connectivity index (χ2n) is 4.51. The van der Waals surface area contributed by atoms with Gasteiger partial charge in [-0.15, -0.1) is 0 Å². The Hall–Kier alpha value is -1.08. The molecule has 0 saturated heterocycles. The third-order valence-corrected chi connectivity index (χ3v) is 3.11. The molecule has 1 fully saturated rings. The van der Waals surface area contributed by atoms with Crippen LogP contribution in [0.15, 0.2) is 36.4 Å². The molecule has 0 radical (unpaired) electrons. The van der Waals surface area contributed by atoms with E-state index >= 15 is 0 Å². The summed E-state index contributed by atoms with van der Waals surface area (Å²) in [5, 5.41) is 3.51. The summed E-state index contributed by atoms with van der Waals surface area (Å²) < 4.78 is 0. The van der Waals surface area contributed by atoms with E-state index in [0.29, 0.717) is 0 Å². The van der Waals surface area contributed by atoms with Gasteiger partial charge < -0.3 is 5.32 Å². The lowest BCUT2D eigenvalue weighted by Crippen LogP contribution is -2.15. The Morgan fingerprint density at radius 3 is 2.88 bits per heavy atom. The molecule has 1 nitrogen and oxygen atoms in total. The van der Waals surface area contributed by atoms with Crippen molar-refractivity contribution in [2.24, 2.45) is 0 Å². The minimum absolute atomic E-state index is 0.855. The van der Waals surface area contributed by atoms with Crippen LogP contribution in [0.2, 0.25) is 0 Å². The van der Waals surface area contributed by atoms with Crippen LogP contribution in [0, 0.1) is 0 Å². The van der Waals surface area contributed by atoms with Crippen LogP contribution >= 0.6 is 0 Å². The van der Waals surface area contributed by atoms with Crippen LogP contribution in [-0.2, 0) is 6.54 Å². The first-order valence-corrected chi connectivity index (χ1v) is 6.31. The molecule has 0 aliphatic heterocycles. The van der Waals surface area contributed by atoms with Crippen molar-refractivity contribution in [3.8, 4) is 0 Å². The molecular weight excluding hydrogens is 194 g/mol. The number of hydrogen-bond donors (Lipinski definition) is 1. The number of allylic oxidation sites excluding steroid dienone is 1. The highest BCUT2D eigenvalue weighted by Crippen LogP contribution is 2.41.